The van der Waals surface area contributed by atoms with E-state index in [1.54, 1.807) is 0 Å². The molecule has 22 heavy (non-hydrogen) atoms. The van der Waals surface area contributed by atoms with E-state index >= 15 is 0 Å². The molecule has 2 nitrogen and oxygen atoms in total. The summed E-state index contributed by atoms with van der Waals surface area (Å²) in [5, 5.41) is 0. The first-order chi connectivity index (χ1) is 10.3. The molecule has 0 spiro atoms. The number of carbonyl (C=O) groups is 1. The molecule has 2 heteroatoms. The third-order valence-electron chi connectivity index (χ3n) is 6.91. The average Bonchev–Trinajstić information content (AvgIpc) is 2.41. The highest BCUT2D eigenvalue weighted by molar-refractivity contribution is 5.73. The predicted molar refractivity (Wildman–Crippen MR) is 89.3 cm³/mol. The van der Waals surface area contributed by atoms with Crippen LogP contribution in [0.15, 0.2) is 0 Å². The Balaban J connectivity index is 1.72. The van der Waals surface area contributed by atoms with Crippen molar-refractivity contribution in [1.82, 2.24) is 0 Å². The van der Waals surface area contributed by atoms with Crippen LogP contribution in [0.25, 0.3) is 0 Å². The quantitative estimate of drug-likeness (QED) is 0.663. The summed E-state index contributed by atoms with van der Waals surface area (Å²) in [4.78, 5) is 12.9. The summed E-state index contributed by atoms with van der Waals surface area (Å²) in [5.74, 6) is 4.16. The predicted octanol–water partition coefficient (Wildman–Crippen LogP) is 5.06. The fourth-order valence-corrected chi connectivity index (χ4v) is 5.73. The third-order valence-corrected chi connectivity index (χ3v) is 6.91. The number of ether oxygens (including phenoxy) is 1. The zero-order valence-corrected chi connectivity index (χ0v) is 15.1. The van der Waals surface area contributed by atoms with Crippen LogP contribution in [-0.2, 0) is 9.53 Å². The van der Waals surface area contributed by atoms with E-state index in [0.717, 1.165) is 18.3 Å². The number of esters is 1. The topological polar surface area (TPSA) is 26.3 Å². The van der Waals surface area contributed by atoms with E-state index in [9.17, 15) is 4.79 Å². The van der Waals surface area contributed by atoms with E-state index in [0.29, 0.717) is 23.7 Å². The van der Waals surface area contributed by atoms with Gasteiger partial charge in [0.25, 0.3) is 0 Å². The molecule has 4 aliphatic rings. The molecule has 4 bridgehead atoms. The molecule has 4 saturated carbocycles. The molecule has 126 valence electrons. The molecular formula is C20H34O2. The van der Waals surface area contributed by atoms with E-state index < -0.39 is 0 Å². The number of hydrogen-bond acceptors (Lipinski definition) is 2. The zero-order valence-electron chi connectivity index (χ0n) is 15.1. The van der Waals surface area contributed by atoms with Gasteiger partial charge in [-0.05, 0) is 81.0 Å². The van der Waals surface area contributed by atoms with Crippen molar-refractivity contribution in [3.63, 3.8) is 0 Å². The minimum atomic E-state index is -0.172. The highest BCUT2D eigenvalue weighted by atomic mass is 16.6. The maximum absolute atomic E-state index is 12.9. The van der Waals surface area contributed by atoms with Gasteiger partial charge in [-0.25, -0.2) is 0 Å². The molecule has 4 fully saturated rings. The first kappa shape index (κ1) is 16.3. The van der Waals surface area contributed by atoms with Gasteiger partial charge in [0.15, 0.2) is 0 Å². The summed E-state index contributed by atoms with van der Waals surface area (Å²) in [7, 11) is 0. The standard InChI is InChI=1S/C20H34O2/c1-12(2)6-18(13(3)4)19(21)22-20(5)16-8-14-7-15(10-16)11-17(20)9-14/h12-18H,6-11H2,1-5H3/t14?,15?,16?,17?,18-,20?/m0/s1. The molecule has 0 heterocycles. The maximum atomic E-state index is 12.9. The number of rotatable bonds is 5. The van der Waals surface area contributed by atoms with E-state index in [1.807, 2.05) is 0 Å². The first-order valence-corrected chi connectivity index (χ1v) is 9.52. The highest BCUT2D eigenvalue weighted by Gasteiger charge is 2.57. The molecule has 0 unspecified atom stereocenters. The summed E-state index contributed by atoms with van der Waals surface area (Å²) < 4.78 is 6.30. The lowest BCUT2D eigenvalue weighted by atomic mass is 9.50. The highest BCUT2D eigenvalue weighted by Crippen LogP contribution is 2.59. The van der Waals surface area contributed by atoms with E-state index in [4.69, 9.17) is 4.74 Å². The van der Waals surface area contributed by atoms with Gasteiger partial charge in [-0.2, -0.15) is 0 Å². The molecule has 0 aromatic carbocycles. The Morgan fingerprint density at radius 3 is 1.91 bits per heavy atom. The van der Waals surface area contributed by atoms with Crippen molar-refractivity contribution in [3.8, 4) is 0 Å². The molecule has 0 aliphatic heterocycles. The van der Waals surface area contributed by atoms with Gasteiger partial charge in [0.05, 0.1) is 5.92 Å². The molecular weight excluding hydrogens is 272 g/mol. The minimum Gasteiger partial charge on any atom is -0.459 e. The van der Waals surface area contributed by atoms with Crippen molar-refractivity contribution in [2.75, 3.05) is 0 Å². The van der Waals surface area contributed by atoms with Crippen LogP contribution in [0, 0.1) is 41.4 Å². The molecule has 0 aromatic heterocycles. The molecule has 0 radical (unpaired) electrons. The minimum absolute atomic E-state index is 0.0639. The monoisotopic (exact) mass is 306 g/mol. The largest absolute Gasteiger partial charge is 0.459 e. The number of carbonyl (C=O) groups excluding carboxylic acids is 1. The molecule has 0 amide bonds. The molecule has 0 saturated heterocycles. The lowest BCUT2D eigenvalue weighted by Crippen LogP contribution is -2.58. The second kappa shape index (κ2) is 5.83. The van der Waals surface area contributed by atoms with Crippen LogP contribution in [0.5, 0.6) is 0 Å². The smallest absolute Gasteiger partial charge is 0.309 e. The van der Waals surface area contributed by atoms with Crippen molar-refractivity contribution < 1.29 is 9.53 Å². The Morgan fingerprint density at radius 2 is 1.50 bits per heavy atom. The van der Waals surface area contributed by atoms with Crippen molar-refractivity contribution in [1.29, 1.82) is 0 Å². The van der Waals surface area contributed by atoms with Crippen LogP contribution in [0.4, 0.5) is 0 Å². The van der Waals surface area contributed by atoms with Crippen LogP contribution in [0.3, 0.4) is 0 Å². The normalized spacial score (nSPS) is 41.2. The SMILES string of the molecule is CC(C)C[C@H](C(=O)OC1(C)C2CC3CC(C2)CC1C3)C(C)C. The van der Waals surface area contributed by atoms with Crippen LogP contribution < -0.4 is 0 Å². The van der Waals surface area contributed by atoms with Crippen molar-refractivity contribution >= 4 is 5.97 Å². The molecule has 4 rings (SSSR count). The van der Waals surface area contributed by atoms with Gasteiger partial charge >= 0.3 is 5.97 Å². The van der Waals surface area contributed by atoms with Crippen LogP contribution in [-0.4, -0.2) is 11.6 Å². The van der Waals surface area contributed by atoms with E-state index in [2.05, 4.69) is 34.6 Å². The van der Waals surface area contributed by atoms with E-state index in [1.165, 1.54) is 32.1 Å². The zero-order chi connectivity index (χ0) is 16.1. The van der Waals surface area contributed by atoms with Crippen LogP contribution in [0.1, 0.15) is 73.1 Å². The van der Waals surface area contributed by atoms with Crippen molar-refractivity contribution in [2.24, 2.45) is 41.4 Å². The average molecular weight is 306 g/mol. The van der Waals surface area contributed by atoms with Gasteiger partial charge in [-0.15, -0.1) is 0 Å². The van der Waals surface area contributed by atoms with Crippen molar-refractivity contribution in [3.05, 3.63) is 0 Å². The summed E-state index contributed by atoms with van der Waals surface area (Å²) in [6.07, 6.45) is 7.59. The van der Waals surface area contributed by atoms with Gasteiger partial charge in [0.2, 0.25) is 0 Å². The molecule has 1 atom stereocenters. The summed E-state index contributed by atoms with van der Waals surface area (Å²) in [6.45, 7) is 11.0. The van der Waals surface area contributed by atoms with Gasteiger partial charge in [0.1, 0.15) is 5.60 Å². The van der Waals surface area contributed by atoms with Crippen LogP contribution in [0.2, 0.25) is 0 Å². The summed E-state index contributed by atoms with van der Waals surface area (Å²) >= 11 is 0. The van der Waals surface area contributed by atoms with Gasteiger partial charge in [-0.1, -0.05) is 27.7 Å². The summed E-state index contributed by atoms with van der Waals surface area (Å²) in [6, 6.07) is 0. The molecule has 0 aromatic rings. The Bertz CT molecular complexity index is 395. The Labute approximate surface area is 136 Å². The van der Waals surface area contributed by atoms with E-state index in [-0.39, 0.29) is 17.5 Å². The maximum Gasteiger partial charge on any atom is 0.309 e. The lowest BCUT2D eigenvalue weighted by molar-refractivity contribution is -0.208. The Hall–Kier alpha value is -0.530. The molecule has 0 N–H and O–H groups in total. The fraction of sp³-hybridized carbons (Fsp3) is 0.950. The molecule has 4 aliphatic carbocycles. The number of hydrogen-bond donors (Lipinski definition) is 0. The Morgan fingerprint density at radius 1 is 1.00 bits per heavy atom. The van der Waals surface area contributed by atoms with Gasteiger partial charge in [-0.3, -0.25) is 4.79 Å². The fourth-order valence-electron chi connectivity index (χ4n) is 5.73. The second-order valence-electron chi connectivity index (χ2n) is 9.39. The van der Waals surface area contributed by atoms with Crippen molar-refractivity contribution in [2.45, 2.75) is 78.7 Å². The third kappa shape index (κ3) is 2.83. The van der Waals surface area contributed by atoms with Gasteiger partial charge < -0.3 is 4.74 Å². The van der Waals surface area contributed by atoms with Gasteiger partial charge in [0, 0.05) is 0 Å². The summed E-state index contributed by atoms with van der Waals surface area (Å²) in [5.41, 5.74) is -0.172. The first-order valence-electron chi connectivity index (χ1n) is 9.52. The van der Waals surface area contributed by atoms with Crippen LogP contribution >= 0.6 is 0 Å². The Kier molecular flexibility index (Phi) is 4.33. The lowest BCUT2D eigenvalue weighted by Gasteiger charge is -2.59. The second-order valence-corrected chi connectivity index (χ2v) is 9.39.